The number of aryl methyl sites for hydroxylation is 1. The maximum absolute atomic E-state index is 12.4. The highest BCUT2D eigenvalue weighted by molar-refractivity contribution is 7.89. The highest BCUT2D eigenvalue weighted by Gasteiger charge is 2.21. The molecule has 112 valence electrons. The Bertz CT molecular complexity index is 715. The van der Waals surface area contributed by atoms with Crippen LogP contribution in [0.5, 0.6) is 0 Å². The van der Waals surface area contributed by atoms with Crippen LogP contribution < -0.4 is 10.5 Å². The van der Waals surface area contributed by atoms with Gasteiger partial charge in [-0.25, -0.2) is 13.1 Å². The van der Waals surface area contributed by atoms with Gasteiger partial charge in [-0.05, 0) is 30.2 Å². The van der Waals surface area contributed by atoms with Crippen molar-refractivity contribution in [3.63, 3.8) is 0 Å². The van der Waals surface area contributed by atoms with E-state index in [0.29, 0.717) is 11.3 Å². The molecule has 0 aliphatic rings. The lowest BCUT2D eigenvalue weighted by Crippen LogP contribution is -2.31. The second-order valence-electron chi connectivity index (χ2n) is 4.79. The summed E-state index contributed by atoms with van der Waals surface area (Å²) in [4.78, 5) is 0.0833. The van der Waals surface area contributed by atoms with Gasteiger partial charge in [0, 0.05) is 5.69 Å². The molecule has 1 atom stereocenters. The number of hydrogen-bond donors (Lipinski definition) is 3. The average molecular weight is 306 g/mol. The minimum Gasteiger partial charge on any atom is -0.398 e. The molecule has 6 heteroatoms. The lowest BCUT2D eigenvalue weighted by atomic mass is 10.1. The summed E-state index contributed by atoms with van der Waals surface area (Å²) < 4.78 is 27.2. The van der Waals surface area contributed by atoms with Crippen LogP contribution in [-0.2, 0) is 10.0 Å². The van der Waals surface area contributed by atoms with Crippen LogP contribution in [0.2, 0.25) is 0 Å². The number of aliphatic hydroxyl groups is 1. The summed E-state index contributed by atoms with van der Waals surface area (Å²) in [5.74, 6) is 0. The Morgan fingerprint density at radius 3 is 2.43 bits per heavy atom. The fraction of sp³-hybridized carbons (Fsp3) is 0.200. The average Bonchev–Trinajstić information content (AvgIpc) is 2.48. The van der Waals surface area contributed by atoms with Gasteiger partial charge in [0.2, 0.25) is 10.0 Å². The molecule has 0 radical (unpaired) electrons. The Morgan fingerprint density at radius 2 is 1.86 bits per heavy atom. The van der Waals surface area contributed by atoms with E-state index >= 15 is 0 Å². The summed E-state index contributed by atoms with van der Waals surface area (Å²) in [6.45, 7) is 1.48. The van der Waals surface area contributed by atoms with E-state index in [1.54, 1.807) is 37.3 Å². The van der Waals surface area contributed by atoms with Crippen molar-refractivity contribution in [1.29, 1.82) is 0 Å². The maximum Gasteiger partial charge on any atom is 0.241 e. The van der Waals surface area contributed by atoms with E-state index in [4.69, 9.17) is 5.73 Å². The van der Waals surface area contributed by atoms with Crippen molar-refractivity contribution < 1.29 is 13.5 Å². The molecule has 0 aromatic heterocycles. The van der Waals surface area contributed by atoms with Gasteiger partial charge < -0.3 is 10.8 Å². The van der Waals surface area contributed by atoms with Crippen molar-refractivity contribution in [3.05, 3.63) is 59.7 Å². The normalized spacial score (nSPS) is 13.0. The molecule has 0 unspecified atom stereocenters. The molecule has 0 saturated carbocycles. The second kappa shape index (κ2) is 6.26. The van der Waals surface area contributed by atoms with E-state index in [1.807, 2.05) is 6.07 Å². The number of nitrogens with two attached hydrogens (primary N) is 1. The number of nitrogen functional groups attached to an aromatic ring is 1. The van der Waals surface area contributed by atoms with Crippen LogP contribution in [-0.4, -0.2) is 20.1 Å². The predicted molar refractivity (Wildman–Crippen MR) is 82.2 cm³/mol. The molecule has 0 fully saturated rings. The Hall–Kier alpha value is -1.89. The zero-order valence-corrected chi connectivity index (χ0v) is 12.5. The van der Waals surface area contributed by atoms with Crippen molar-refractivity contribution in [3.8, 4) is 0 Å². The molecular formula is C15H18N2O3S. The fourth-order valence-corrected chi connectivity index (χ4v) is 3.19. The smallest absolute Gasteiger partial charge is 0.241 e. The van der Waals surface area contributed by atoms with E-state index in [1.165, 1.54) is 12.1 Å². The number of sulfonamides is 1. The van der Waals surface area contributed by atoms with Crippen LogP contribution in [0.4, 0.5) is 5.69 Å². The van der Waals surface area contributed by atoms with E-state index in [0.717, 1.165) is 5.56 Å². The zero-order valence-electron chi connectivity index (χ0n) is 11.7. The van der Waals surface area contributed by atoms with Gasteiger partial charge >= 0.3 is 0 Å². The molecule has 0 heterocycles. The molecule has 0 spiro atoms. The molecule has 2 rings (SSSR count). The monoisotopic (exact) mass is 306 g/mol. The van der Waals surface area contributed by atoms with Crippen LogP contribution in [0.15, 0.2) is 53.4 Å². The highest BCUT2D eigenvalue weighted by Crippen LogP contribution is 2.20. The van der Waals surface area contributed by atoms with Crippen molar-refractivity contribution in [2.75, 3.05) is 12.3 Å². The van der Waals surface area contributed by atoms with Crippen LogP contribution >= 0.6 is 0 Å². The molecule has 2 aromatic carbocycles. The molecule has 0 bridgehead atoms. The molecule has 4 N–H and O–H groups in total. The third-order valence-corrected chi connectivity index (χ3v) is 4.71. The van der Waals surface area contributed by atoms with Crippen LogP contribution in [0.25, 0.3) is 0 Å². The van der Waals surface area contributed by atoms with Crippen molar-refractivity contribution in [1.82, 2.24) is 4.72 Å². The summed E-state index contributed by atoms with van der Waals surface area (Å²) in [7, 11) is -3.75. The molecular weight excluding hydrogens is 288 g/mol. The number of benzene rings is 2. The Kier molecular flexibility index (Phi) is 4.62. The standard InChI is InChI=1S/C15H18N2O3S/c1-11-7-8-13(9-14(11)16)21(19,20)17-15(10-18)12-5-3-2-4-6-12/h2-9,15,17-18H,10,16H2,1H3/t15-/m1/s1. The quantitative estimate of drug-likeness (QED) is 0.731. The third-order valence-electron chi connectivity index (χ3n) is 3.24. The largest absolute Gasteiger partial charge is 0.398 e. The molecule has 21 heavy (non-hydrogen) atoms. The van der Waals surface area contributed by atoms with E-state index in [2.05, 4.69) is 4.72 Å². The molecule has 5 nitrogen and oxygen atoms in total. The first kappa shape index (κ1) is 15.5. The topological polar surface area (TPSA) is 92.4 Å². The number of rotatable bonds is 5. The number of anilines is 1. The van der Waals surface area contributed by atoms with Crippen molar-refractivity contribution >= 4 is 15.7 Å². The van der Waals surface area contributed by atoms with Crippen molar-refractivity contribution in [2.45, 2.75) is 17.9 Å². The first-order valence-corrected chi connectivity index (χ1v) is 7.96. The van der Waals surface area contributed by atoms with E-state index in [-0.39, 0.29) is 11.5 Å². The van der Waals surface area contributed by atoms with Crippen LogP contribution in [0.3, 0.4) is 0 Å². The van der Waals surface area contributed by atoms with Gasteiger partial charge in [0.05, 0.1) is 17.5 Å². The van der Waals surface area contributed by atoms with Gasteiger partial charge in [-0.2, -0.15) is 0 Å². The zero-order chi connectivity index (χ0) is 15.5. The van der Waals surface area contributed by atoms with Crippen LogP contribution in [0, 0.1) is 6.92 Å². The fourth-order valence-electron chi connectivity index (χ4n) is 1.94. The summed E-state index contributed by atoms with van der Waals surface area (Å²) in [5, 5.41) is 9.44. The first-order valence-electron chi connectivity index (χ1n) is 6.48. The SMILES string of the molecule is Cc1ccc(S(=O)(=O)N[C@H](CO)c2ccccc2)cc1N. The van der Waals surface area contributed by atoms with E-state index < -0.39 is 16.1 Å². The third kappa shape index (κ3) is 3.60. The molecule has 2 aromatic rings. The van der Waals surface area contributed by atoms with Gasteiger partial charge in [0.1, 0.15) is 0 Å². The Labute approximate surface area is 124 Å². The number of hydrogen-bond acceptors (Lipinski definition) is 4. The molecule has 0 aliphatic heterocycles. The number of nitrogens with one attached hydrogen (secondary N) is 1. The first-order chi connectivity index (χ1) is 9.94. The Morgan fingerprint density at radius 1 is 1.19 bits per heavy atom. The summed E-state index contributed by atoms with van der Waals surface area (Å²) in [6.07, 6.45) is 0. The van der Waals surface area contributed by atoms with E-state index in [9.17, 15) is 13.5 Å². The minimum atomic E-state index is -3.75. The van der Waals surface area contributed by atoms with Gasteiger partial charge in [0.25, 0.3) is 0 Å². The lowest BCUT2D eigenvalue weighted by Gasteiger charge is -2.17. The predicted octanol–water partition coefficient (Wildman–Crippen LogP) is 1.59. The Balaban J connectivity index is 2.29. The molecule has 0 amide bonds. The molecule has 0 saturated heterocycles. The molecule has 0 aliphatic carbocycles. The summed E-state index contributed by atoms with van der Waals surface area (Å²) in [6, 6.07) is 12.8. The minimum absolute atomic E-state index is 0.0833. The van der Waals surface area contributed by atoms with Gasteiger partial charge in [-0.3, -0.25) is 0 Å². The van der Waals surface area contributed by atoms with Crippen molar-refractivity contribution in [2.24, 2.45) is 0 Å². The van der Waals surface area contributed by atoms with Crippen LogP contribution in [0.1, 0.15) is 17.2 Å². The number of aliphatic hydroxyl groups excluding tert-OH is 1. The van der Waals surface area contributed by atoms with Gasteiger partial charge in [-0.15, -0.1) is 0 Å². The summed E-state index contributed by atoms with van der Waals surface area (Å²) in [5.41, 5.74) is 7.68. The lowest BCUT2D eigenvalue weighted by molar-refractivity contribution is 0.259. The summed E-state index contributed by atoms with van der Waals surface area (Å²) >= 11 is 0. The van der Waals surface area contributed by atoms with Gasteiger partial charge in [0.15, 0.2) is 0 Å². The second-order valence-corrected chi connectivity index (χ2v) is 6.50. The van der Waals surface area contributed by atoms with Gasteiger partial charge in [-0.1, -0.05) is 36.4 Å². The highest BCUT2D eigenvalue weighted by atomic mass is 32.2. The maximum atomic E-state index is 12.4.